The molecule has 2 aromatic rings. The summed E-state index contributed by atoms with van der Waals surface area (Å²) < 4.78 is 0. The van der Waals surface area contributed by atoms with Crippen molar-refractivity contribution in [1.29, 1.82) is 0 Å². The number of amides is 1. The van der Waals surface area contributed by atoms with Crippen LogP contribution in [0.15, 0.2) is 35.0 Å². The highest BCUT2D eigenvalue weighted by Gasteiger charge is 2.63. The van der Waals surface area contributed by atoms with E-state index in [1.807, 2.05) is 12.1 Å². The average molecular weight is 552 g/mol. The van der Waals surface area contributed by atoms with Gasteiger partial charge in [0.05, 0.1) is 6.04 Å². The van der Waals surface area contributed by atoms with Crippen LogP contribution >= 0.6 is 22.7 Å². The standard InChI is InChI=1S/C32H41NO3S2/c1-19(16-28(36)33-30(26-6-4-14-37-26)27-7-5-15-38-27)22-8-9-23-29-24(11-13-32(22,23)3)31(2)12-10-21(34)17-20(31)18-25(29)35/h4-7,14-15,19-20,22-24,29-30H,8-13,16-18H2,1-3H3,(H,33,36)/t19-,20+,22-,23+,24+,29+,31+,32-/m1/s1. The largest absolute Gasteiger partial charge is 0.344 e. The molecule has 2 aromatic heterocycles. The van der Waals surface area contributed by atoms with Crippen LogP contribution in [0.25, 0.3) is 0 Å². The van der Waals surface area contributed by atoms with Crippen LogP contribution in [0.5, 0.6) is 0 Å². The molecule has 0 aliphatic heterocycles. The number of Topliss-reactive ketones (excluding diaryl/α,β-unsaturated/α-hetero) is 2. The number of rotatable bonds is 6. The van der Waals surface area contributed by atoms with E-state index in [9.17, 15) is 14.4 Å². The molecule has 4 aliphatic carbocycles. The minimum absolute atomic E-state index is 0.0759. The lowest BCUT2D eigenvalue weighted by Crippen LogP contribution is -2.57. The third kappa shape index (κ3) is 4.34. The predicted molar refractivity (Wildman–Crippen MR) is 153 cm³/mol. The molecule has 1 N–H and O–H groups in total. The second kappa shape index (κ2) is 9.99. The zero-order chi connectivity index (χ0) is 26.7. The van der Waals surface area contributed by atoms with E-state index in [-0.39, 0.29) is 40.5 Å². The Labute approximate surface area is 235 Å². The molecule has 2 heterocycles. The van der Waals surface area contributed by atoms with Crippen molar-refractivity contribution in [1.82, 2.24) is 5.32 Å². The van der Waals surface area contributed by atoms with Gasteiger partial charge in [0.2, 0.25) is 5.91 Å². The van der Waals surface area contributed by atoms with E-state index >= 15 is 0 Å². The number of nitrogens with one attached hydrogen (secondary N) is 1. The lowest BCUT2D eigenvalue weighted by molar-refractivity contribution is -0.159. The van der Waals surface area contributed by atoms with Gasteiger partial charge in [-0.2, -0.15) is 0 Å². The fourth-order valence-electron chi connectivity index (χ4n) is 9.55. The fraction of sp³-hybridized carbons (Fsp3) is 0.656. The summed E-state index contributed by atoms with van der Waals surface area (Å²) in [4.78, 5) is 41.6. The first-order valence-electron chi connectivity index (χ1n) is 14.6. The maximum absolute atomic E-state index is 13.6. The lowest BCUT2D eigenvalue weighted by atomic mass is 9.44. The van der Waals surface area contributed by atoms with Crippen molar-refractivity contribution in [2.75, 3.05) is 0 Å². The molecule has 0 aromatic carbocycles. The van der Waals surface area contributed by atoms with E-state index in [0.717, 1.165) is 32.1 Å². The minimum Gasteiger partial charge on any atom is -0.344 e. The highest BCUT2D eigenvalue weighted by Crippen LogP contribution is 2.67. The predicted octanol–water partition coefficient (Wildman–Crippen LogP) is 7.45. The quantitative estimate of drug-likeness (QED) is 0.406. The van der Waals surface area contributed by atoms with E-state index < -0.39 is 0 Å². The molecule has 8 atom stereocenters. The van der Waals surface area contributed by atoms with E-state index in [0.29, 0.717) is 55.0 Å². The Bertz CT molecular complexity index is 1160. The highest BCUT2D eigenvalue weighted by molar-refractivity contribution is 7.11. The molecular formula is C32H41NO3S2. The molecular weight excluding hydrogens is 510 g/mol. The van der Waals surface area contributed by atoms with Gasteiger partial charge >= 0.3 is 0 Å². The Hall–Kier alpha value is -1.79. The number of hydrogen-bond acceptors (Lipinski definition) is 5. The SMILES string of the molecule is C[C@H](CC(=O)NC(c1cccs1)c1cccs1)[C@H]1CC[C@H]2[C@@H]3C(=O)C[C@@H]4CC(=O)CC[C@]4(C)[C@H]3CC[C@]12C. The molecule has 204 valence electrons. The van der Waals surface area contributed by atoms with Gasteiger partial charge < -0.3 is 5.32 Å². The first-order chi connectivity index (χ1) is 18.2. The summed E-state index contributed by atoms with van der Waals surface area (Å²) in [5.74, 6) is 2.91. The summed E-state index contributed by atoms with van der Waals surface area (Å²) in [6.45, 7) is 7.10. The smallest absolute Gasteiger partial charge is 0.221 e. The Balaban J connectivity index is 1.16. The van der Waals surface area contributed by atoms with Crippen LogP contribution in [0.1, 0.15) is 94.4 Å². The zero-order valence-corrected chi connectivity index (χ0v) is 24.5. The molecule has 4 fully saturated rings. The van der Waals surface area contributed by atoms with Crippen molar-refractivity contribution in [3.8, 4) is 0 Å². The van der Waals surface area contributed by atoms with Crippen molar-refractivity contribution >= 4 is 40.1 Å². The van der Waals surface area contributed by atoms with Gasteiger partial charge in [-0.25, -0.2) is 0 Å². The zero-order valence-electron chi connectivity index (χ0n) is 22.9. The number of ketones is 2. The van der Waals surface area contributed by atoms with Crippen LogP contribution < -0.4 is 5.32 Å². The Morgan fingerprint density at radius 1 is 0.974 bits per heavy atom. The summed E-state index contributed by atoms with van der Waals surface area (Å²) >= 11 is 3.38. The van der Waals surface area contributed by atoms with Gasteiger partial charge in [-0.1, -0.05) is 32.9 Å². The van der Waals surface area contributed by atoms with Crippen LogP contribution in [-0.4, -0.2) is 17.5 Å². The summed E-state index contributed by atoms with van der Waals surface area (Å²) in [7, 11) is 0. The van der Waals surface area contributed by atoms with Crippen molar-refractivity contribution < 1.29 is 14.4 Å². The summed E-state index contributed by atoms with van der Waals surface area (Å²) in [6.07, 6.45) is 7.86. The average Bonchev–Trinajstić information content (AvgIpc) is 3.65. The van der Waals surface area contributed by atoms with Crippen molar-refractivity contribution in [3.63, 3.8) is 0 Å². The molecule has 6 rings (SSSR count). The lowest BCUT2D eigenvalue weighted by Gasteiger charge is -2.59. The minimum atomic E-state index is -0.0759. The molecule has 6 heteroatoms. The number of hydrogen-bond donors (Lipinski definition) is 1. The summed E-state index contributed by atoms with van der Waals surface area (Å²) in [5.41, 5.74) is 0.251. The Morgan fingerprint density at radius 2 is 1.66 bits per heavy atom. The molecule has 0 radical (unpaired) electrons. The van der Waals surface area contributed by atoms with Gasteiger partial charge in [0.25, 0.3) is 0 Å². The van der Waals surface area contributed by atoms with Crippen LogP contribution in [0.2, 0.25) is 0 Å². The first kappa shape index (κ1) is 26.4. The molecule has 0 bridgehead atoms. The first-order valence-corrected chi connectivity index (χ1v) is 16.4. The maximum atomic E-state index is 13.6. The second-order valence-corrected chi connectivity index (χ2v) is 15.3. The Morgan fingerprint density at radius 3 is 2.32 bits per heavy atom. The third-order valence-electron chi connectivity index (χ3n) is 11.5. The van der Waals surface area contributed by atoms with Crippen LogP contribution in [0, 0.1) is 46.3 Å². The Kier molecular flexibility index (Phi) is 6.95. The highest BCUT2D eigenvalue weighted by atomic mass is 32.1. The van der Waals surface area contributed by atoms with Crippen molar-refractivity contribution in [3.05, 3.63) is 44.8 Å². The normalized spacial score (nSPS) is 37.4. The van der Waals surface area contributed by atoms with E-state index in [4.69, 9.17) is 0 Å². The number of thiophene rings is 2. The second-order valence-electron chi connectivity index (χ2n) is 13.3. The molecule has 4 aliphatic rings. The van der Waals surface area contributed by atoms with E-state index in [2.05, 4.69) is 49.0 Å². The molecule has 0 saturated heterocycles. The van der Waals surface area contributed by atoms with Crippen LogP contribution in [0.3, 0.4) is 0 Å². The molecule has 38 heavy (non-hydrogen) atoms. The van der Waals surface area contributed by atoms with Gasteiger partial charge in [-0.3, -0.25) is 14.4 Å². The van der Waals surface area contributed by atoms with Crippen LogP contribution in [-0.2, 0) is 14.4 Å². The molecule has 0 unspecified atom stereocenters. The van der Waals surface area contributed by atoms with E-state index in [1.54, 1.807) is 22.7 Å². The van der Waals surface area contributed by atoms with Gasteiger partial charge in [-0.05, 0) is 95.4 Å². The van der Waals surface area contributed by atoms with Crippen molar-refractivity contribution in [2.45, 2.75) is 84.6 Å². The van der Waals surface area contributed by atoms with Gasteiger partial charge in [0.1, 0.15) is 11.6 Å². The number of carbonyl (C=O) groups excluding carboxylic acids is 3. The third-order valence-corrected chi connectivity index (χ3v) is 13.4. The topological polar surface area (TPSA) is 63.2 Å². The molecule has 4 nitrogen and oxygen atoms in total. The summed E-state index contributed by atoms with van der Waals surface area (Å²) in [6, 6.07) is 8.23. The van der Waals surface area contributed by atoms with Crippen LogP contribution in [0.4, 0.5) is 0 Å². The number of carbonyl (C=O) groups is 3. The van der Waals surface area contributed by atoms with Crippen molar-refractivity contribution in [2.24, 2.45) is 46.3 Å². The number of fused-ring (bicyclic) bond motifs is 5. The molecule has 4 saturated carbocycles. The van der Waals surface area contributed by atoms with Gasteiger partial charge in [0.15, 0.2) is 0 Å². The fourth-order valence-corrected chi connectivity index (χ4v) is 11.2. The summed E-state index contributed by atoms with van der Waals surface area (Å²) in [5, 5.41) is 7.49. The van der Waals surface area contributed by atoms with Gasteiger partial charge in [-0.15, -0.1) is 22.7 Å². The molecule has 0 spiro atoms. The monoisotopic (exact) mass is 551 g/mol. The van der Waals surface area contributed by atoms with Gasteiger partial charge in [0, 0.05) is 41.4 Å². The molecule has 1 amide bonds. The maximum Gasteiger partial charge on any atom is 0.221 e. The van der Waals surface area contributed by atoms with E-state index in [1.165, 1.54) is 9.75 Å².